The number of amides is 1. The zero-order valence-electron chi connectivity index (χ0n) is 15.7. The summed E-state index contributed by atoms with van der Waals surface area (Å²) in [5.41, 5.74) is 1.69. The van der Waals surface area contributed by atoms with E-state index >= 15 is 0 Å². The van der Waals surface area contributed by atoms with Crippen LogP contribution in [0.25, 0.3) is 0 Å². The first-order valence-corrected chi connectivity index (χ1v) is 10.5. The maximum Gasteiger partial charge on any atom is 0.253 e. The monoisotopic (exact) mass is 372 g/mol. The lowest BCUT2D eigenvalue weighted by molar-refractivity contribution is 0.0760. The molecule has 1 unspecified atom stereocenters. The summed E-state index contributed by atoms with van der Waals surface area (Å²) in [6, 6.07) is 7.51. The highest BCUT2D eigenvalue weighted by Gasteiger charge is 2.21. The molecule has 0 N–H and O–H groups in total. The fourth-order valence-electron chi connectivity index (χ4n) is 3.57. The highest BCUT2D eigenvalue weighted by atomic mass is 32.1. The van der Waals surface area contributed by atoms with Gasteiger partial charge in [0.15, 0.2) is 0 Å². The molecule has 0 bridgehead atoms. The van der Waals surface area contributed by atoms with Gasteiger partial charge in [-0.1, -0.05) is 19.8 Å². The lowest BCUT2D eigenvalue weighted by Crippen LogP contribution is -2.32. The molecule has 0 spiro atoms. The first kappa shape index (κ1) is 18.9. The molecule has 1 saturated heterocycles. The molecular weight excluding hydrogens is 344 g/mol. The molecule has 4 nitrogen and oxygen atoms in total. The lowest BCUT2D eigenvalue weighted by atomic mass is 9.96. The molecule has 0 radical (unpaired) electrons. The van der Waals surface area contributed by atoms with Gasteiger partial charge >= 0.3 is 0 Å². The summed E-state index contributed by atoms with van der Waals surface area (Å²) in [6.07, 6.45) is 6.02. The second-order valence-corrected chi connectivity index (χ2v) is 8.11. The molecule has 140 valence electrons. The van der Waals surface area contributed by atoms with Gasteiger partial charge in [-0.2, -0.15) is 0 Å². The van der Waals surface area contributed by atoms with E-state index in [0.717, 1.165) is 53.9 Å². The van der Waals surface area contributed by atoms with Crippen molar-refractivity contribution in [3.63, 3.8) is 0 Å². The topological polar surface area (TPSA) is 42.4 Å². The Hall–Kier alpha value is -1.88. The van der Waals surface area contributed by atoms with Crippen LogP contribution in [0.5, 0.6) is 5.75 Å². The normalized spacial score (nSPS) is 17.8. The molecule has 1 aliphatic rings. The van der Waals surface area contributed by atoms with Crippen molar-refractivity contribution >= 4 is 17.2 Å². The summed E-state index contributed by atoms with van der Waals surface area (Å²) in [4.78, 5) is 19.2. The smallest absolute Gasteiger partial charge is 0.253 e. The first-order valence-electron chi connectivity index (χ1n) is 9.59. The summed E-state index contributed by atoms with van der Waals surface area (Å²) < 4.78 is 5.77. The largest absolute Gasteiger partial charge is 0.487 e. The molecule has 2 heterocycles. The van der Waals surface area contributed by atoms with Crippen molar-refractivity contribution in [3.8, 4) is 5.75 Å². The molecule has 26 heavy (non-hydrogen) atoms. The third kappa shape index (κ3) is 5.07. The van der Waals surface area contributed by atoms with Gasteiger partial charge in [0.25, 0.3) is 5.91 Å². The molecule has 5 heteroatoms. The van der Waals surface area contributed by atoms with Crippen molar-refractivity contribution in [2.45, 2.75) is 52.6 Å². The van der Waals surface area contributed by atoms with Gasteiger partial charge < -0.3 is 9.64 Å². The van der Waals surface area contributed by atoms with Crippen LogP contribution in [0.15, 0.2) is 29.6 Å². The van der Waals surface area contributed by atoms with E-state index in [0.29, 0.717) is 6.61 Å². The zero-order valence-corrected chi connectivity index (χ0v) is 16.6. The molecule has 1 fully saturated rings. The maximum atomic E-state index is 12.8. The number of aromatic nitrogens is 1. The van der Waals surface area contributed by atoms with Gasteiger partial charge in [-0.15, -0.1) is 11.3 Å². The number of benzene rings is 1. The fourth-order valence-corrected chi connectivity index (χ4v) is 4.17. The number of likely N-dealkylation sites (tertiary alicyclic amines) is 1. The Morgan fingerprint density at radius 1 is 1.27 bits per heavy atom. The second kappa shape index (κ2) is 9.17. The molecular formula is C21H28N2O2S. The molecule has 1 aliphatic heterocycles. The number of hydrogen-bond acceptors (Lipinski definition) is 4. The minimum atomic E-state index is 0.142. The summed E-state index contributed by atoms with van der Waals surface area (Å²) in [7, 11) is 0. The van der Waals surface area contributed by atoms with Crippen molar-refractivity contribution in [2.24, 2.45) is 5.92 Å². The van der Waals surface area contributed by atoms with Crippen LogP contribution >= 0.6 is 11.3 Å². The van der Waals surface area contributed by atoms with Crippen LogP contribution in [-0.4, -0.2) is 28.9 Å². The minimum absolute atomic E-state index is 0.142. The standard InChI is InChI=1S/C21H28N2O2S/c1-3-5-17-6-4-12-23(13-11-17)21(24)18-7-9-20(10-8-18)25-14-19-15-26-16(2)22-19/h7-10,15,17H,3-6,11-14H2,1-2H3. The van der Waals surface area contributed by atoms with Gasteiger partial charge in [-0.25, -0.2) is 4.98 Å². The molecule has 3 rings (SSSR count). The molecule has 1 atom stereocenters. The van der Waals surface area contributed by atoms with E-state index in [9.17, 15) is 4.79 Å². The molecule has 0 aliphatic carbocycles. The summed E-state index contributed by atoms with van der Waals surface area (Å²) in [6.45, 7) is 6.45. The predicted octanol–water partition coefficient (Wildman–Crippen LogP) is 5.07. The summed E-state index contributed by atoms with van der Waals surface area (Å²) >= 11 is 1.63. The third-order valence-corrected chi connectivity index (χ3v) is 5.81. The maximum absolute atomic E-state index is 12.8. The van der Waals surface area contributed by atoms with Crippen molar-refractivity contribution in [1.29, 1.82) is 0 Å². The number of thiazole rings is 1. The molecule has 0 saturated carbocycles. The van der Waals surface area contributed by atoms with Crippen molar-refractivity contribution in [3.05, 3.63) is 45.9 Å². The van der Waals surface area contributed by atoms with Crippen molar-refractivity contribution in [1.82, 2.24) is 9.88 Å². The number of carbonyl (C=O) groups is 1. The molecule has 1 amide bonds. The Bertz CT molecular complexity index is 711. The van der Waals surface area contributed by atoms with E-state index in [1.807, 2.05) is 41.5 Å². The van der Waals surface area contributed by atoms with Crippen molar-refractivity contribution in [2.75, 3.05) is 13.1 Å². The Kier molecular flexibility index (Phi) is 6.67. The average molecular weight is 373 g/mol. The number of hydrogen-bond donors (Lipinski definition) is 0. The van der Waals surface area contributed by atoms with Gasteiger partial charge in [0.1, 0.15) is 12.4 Å². The number of nitrogens with zero attached hydrogens (tertiary/aromatic N) is 2. The highest BCUT2D eigenvalue weighted by Crippen LogP contribution is 2.23. The van der Waals surface area contributed by atoms with Gasteiger partial charge in [-0.05, 0) is 56.4 Å². The number of rotatable bonds is 6. The van der Waals surface area contributed by atoms with E-state index in [4.69, 9.17) is 4.74 Å². The fraction of sp³-hybridized carbons (Fsp3) is 0.524. The molecule has 2 aromatic rings. The Labute approximate surface area is 160 Å². The minimum Gasteiger partial charge on any atom is -0.487 e. The predicted molar refractivity (Wildman–Crippen MR) is 106 cm³/mol. The Balaban J connectivity index is 1.54. The number of aryl methyl sites for hydroxylation is 1. The van der Waals surface area contributed by atoms with Gasteiger partial charge in [-0.3, -0.25) is 4.79 Å². The van der Waals surface area contributed by atoms with Crippen LogP contribution in [0.4, 0.5) is 0 Å². The highest BCUT2D eigenvalue weighted by molar-refractivity contribution is 7.09. The van der Waals surface area contributed by atoms with Crippen molar-refractivity contribution < 1.29 is 9.53 Å². The van der Waals surface area contributed by atoms with E-state index in [2.05, 4.69) is 11.9 Å². The van der Waals surface area contributed by atoms with Gasteiger partial charge in [0, 0.05) is 24.0 Å². The molecule has 1 aromatic carbocycles. The van der Waals surface area contributed by atoms with Crippen LogP contribution in [0.3, 0.4) is 0 Å². The Morgan fingerprint density at radius 2 is 2.08 bits per heavy atom. The first-order chi connectivity index (χ1) is 12.7. The van der Waals surface area contributed by atoms with Gasteiger partial charge in [0.05, 0.1) is 10.7 Å². The second-order valence-electron chi connectivity index (χ2n) is 7.05. The summed E-state index contributed by atoms with van der Waals surface area (Å²) in [5.74, 6) is 1.69. The van der Waals surface area contributed by atoms with E-state index in [1.54, 1.807) is 11.3 Å². The van der Waals surface area contributed by atoms with Crippen LogP contribution < -0.4 is 4.74 Å². The Morgan fingerprint density at radius 3 is 2.77 bits per heavy atom. The number of carbonyl (C=O) groups excluding carboxylic acids is 1. The molecule has 1 aromatic heterocycles. The van der Waals surface area contributed by atoms with Crippen LogP contribution in [-0.2, 0) is 6.61 Å². The number of ether oxygens (including phenoxy) is 1. The third-order valence-electron chi connectivity index (χ3n) is 4.99. The lowest BCUT2D eigenvalue weighted by Gasteiger charge is -2.21. The average Bonchev–Trinajstić information content (AvgIpc) is 2.93. The van der Waals surface area contributed by atoms with Gasteiger partial charge in [0.2, 0.25) is 0 Å². The van der Waals surface area contributed by atoms with Crippen LogP contribution in [0.1, 0.15) is 60.1 Å². The zero-order chi connectivity index (χ0) is 18.4. The SMILES string of the molecule is CCCC1CCCN(C(=O)c2ccc(OCc3csc(C)n3)cc2)CC1. The van der Waals surface area contributed by atoms with E-state index < -0.39 is 0 Å². The summed E-state index contributed by atoms with van der Waals surface area (Å²) in [5, 5.41) is 3.06. The van der Waals surface area contributed by atoms with E-state index in [1.165, 1.54) is 19.3 Å². The van der Waals surface area contributed by atoms with E-state index in [-0.39, 0.29) is 5.91 Å². The van der Waals surface area contributed by atoms with Crippen LogP contribution in [0, 0.1) is 12.8 Å². The quantitative estimate of drug-likeness (QED) is 0.711. The van der Waals surface area contributed by atoms with Crippen LogP contribution in [0.2, 0.25) is 0 Å².